The van der Waals surface area contributed by atoms with Gasteiger partial charge in [-0.3, -0.25) is 4.79 Å². The average molecular weight is 262 g/mol. The molecule has 0 aliphatic heterocycles. The number of carboxylic acids is 1. The van der Waals surface area contributed by atoms with Crippen LogP contribution in [0.5, 0.6) is 0 Å². The quantitative estimate of drug-likeness (QED) is 0.877. The fraction of sp³-hybridized carbons (Fsp3) is 0.562. The van der Waals surface area contributed by atoms with Crippen LogP contribution in [-0.4, -0.2) is 22.3 Å². The fourth-order valence-corrected chi connectivity index (χ4v) is 3.12. The topological polar surface area (TPSA) is 57.5 Å². The van der Waals surface area contributed by atoms with Crippen LogP contribution in [0.15, 0.2) is 24.3 Å². The van der Waals surface area contributed by atoms with Crippen LogP contribution in [0.1, 0.15) is 50.2 Å². The molecule has 1 aliphatic rings. The molecule has 3 heteroatoms. The van der Waals surface area contributed by atoms with Gasteiger partial charge in [-0.15, -0.1) is 0 Å². The van der Waals surface area contributed by atoms with Crippen molar-refractivity contribution in [3.05, 3.63) is 35.4 Å². The number of carboxylic acid groups (broad SMARTS) is 1. The summed E-state index contributed by atoms with van der Waals surface area (Å²) >= 11 is 0. The predicted octanol–water partition coefficient (Wildman–Crippen LogP) is 2.90. The number of benzene rings is 1. The van der Waals surface area contributed by atoms with E-state index in [4.69, 9.17) is 0 Å². The van der Waals surface area contributed by atoms with Crippen molar-refractivity contribution in [2.75, 3.05) is 0 Å². The molecule has 0 aromatic heterocycles. The Bertz CT molecular complexity index is 445. The van der Waals surface area contributed by atoms with E-state index in [1.54, 1.807) is 6.92 Å². The van der Waals surface area contributed by atoms with Crippen LogP contribution in [-0.2, 0) is 16.6 Å². The zero-order chi connectivity index (χ0) is 13.9. The SMILES string of the molecule is CC(O)Cc1cccc(C2(C(=O)O)CCCCC2)c1. The van der Waals surface area contributed by atoms with Crippen LogP contribution in [0.4, 0.5) is 0 Å². The van der Waals surface area contributed by atoms with E-state index in [1.165, 1.54) is 0 Å². The molecular weight excluding hydrogens is 240 g/mol. The number of rotatable bonds is 4. The van der Waals surface area contributed by atoms with Gasteiger partial charge in [0.1, 0.15) is 0 Å². The summed E-state index contributed by atoms with van der Waals surface area (Å²) in [5, 5.41) is 19.1. The van der Waals surface area contributed by atoms with Crippen LogP contribution in [0.25, 0.3) is 0 Å². The Balaban J connectivity index is 2.34. The van der Waals surface area contributed by atoms with Gasteiger partial charge in [0.25, 0.3) is 0 Å². The van der Waals surface area contributed by atoms with Crippen molar-refractivity contribution in [1.82, 2.24) is 0 Å². The monoisotopic (exact) mass is 262 g/mol. The van der Waals surface area contributed by atoms with E-state index in [0.29, 0.717) is 6.42 Å². The van der Waals surface area contributed by atoms with E-state index in [-0.39, 0.29) is 0 Å². The second-order valence-electron chi connectivity index (χ2n) is 5.70. The lowest BCUT2D eigenvalue weighted by Crippen LogP contribution is -2.37. The van der Waals surface area contributed by atoms with Crippen molar-refractivity contribution in [2.24, 2.45) is 0 Å². The zero-order valence-corrected chi connectivity index (χ0v) is 11.4. The summed E-state index contributed by atoms with van der Waals surface area (Å²) in [6.45, 7) is 1.75. The number of aliphatic hydroxyl groups is 1. The Morgan fingerprint density at radius 2 is 2.00 bits per heavy atom. The molecule has 0 amide bonds. The third-order valence-electron chi connectivity index (χ3n) is 4.13. The van der Waals surface area contributed by atoms with Gasteiger partial charge in [-0.1, -0.05) is 43.5 Å². The number of aliphatic carboxylic acids is 1. The highest BCUT2D eigenvalue weighted by atomic mass is 16.4. The van der Waals surface area contributed by atoms with E-state index in [0.717, 1.165) is 43.2 Å². The van der Waals surface area contributed by atoms with Crippen LogP contribution >= 0.6 is 0 Å². The summed E-state index contributed by atoms with van der Waals surface area (Å²) < 4.78 is 0. The molecule has 19 heavy (non-hydrogen) atoms. The molecule has 0 saturated heterocycles. The lowest BCUT2D eigenvalue weighted by molar-refractivity contribution is -0.145. The number of hydrogen-bond donors (Lipinski definition) is 2. The summed E-state index contributed by atoms with van der Waals surface area (Å²) in [7, 11) is 0. The van der Waals surface area contributed by atoms with Crippen LogP contribution in [0.2, 0.25) is 0 Å². The molecule has 1 aromatic rings. The lowest BCUT2D eigenvalue weighted by atomic mass is 9.69. The summed E-state index contributed by atoms with van der Waals surface area (Å²) in [4.78, 5) is 11.8. The minimum absolute atomic E-state index is 0.401. The molecule has 2 N–H and O–H groups in total. The van der Waals surface area contributed by atoms with Crippen molar-refractivity contribution in [3.8, 4) is 0 Å². The van der Waals surface area contributed by atoms with E-state index >= 15 is 0 Å². The normalized spacial score (nSPS) is 19.9. The summed E-state index contributed by atoms with van der Waals surface area (Å²) in [6.07, 6.45) is 4.70. The van der Waals surface area contributed by atoms with Crippen molar-refractivity contribution < 1.29 is 15.0 Å². The van der Waals surface area contributed by atoms with Crippen molar-refractivity contribution in [3.63, 3.8) is 0 Å². The maximum atomic E-state index is 11.8. The van der Waals surface area contributed by atoms with E-state index < -0.39 is 17.5 Å². The highest BCUT2D eigenvalue weighted by molar-refractivity contribution is 5.81. The van der Waals surface area contributed by atoms with E-state index in [1.807, 2.05) is 24.3 Å². The largest absolute Gasteiger partial charge is 0.481 e. The van der Waals surface area contributed by atoms with Gasteiger partial charge in [-0.25, -0.2) is 0 Å². The first-order valence-electron chi connectivity index (χ1n) is 7.05. The molecule has 0 heterocycles. The molecule has 1 fully saturated rings. The highest BCUT2D eigenvalue weighted by Gasteiger charge is 2.41. The Morgan fingerprint density at radius 1 is 1.32 bits per heavy atom. The third-order valence-corrected chi connectivity index (χ3v) is 4.13. The Hall–Kier alpha value is -1.35. The Labute approximate surface area is 114 Å². The van der Waals surface area contributed by atoms with Crippen molar-refractivity contribution >= 4 is 5.97 Å². The van der Waals surface area contributed by atoms with Gasteiger partial charge in [0.2, 0.25) is 0 Å². The second-order valence-corrected chi connectivity index (χ2v) is 5.70. The van der Waals surface area contributed by atoms with Gasteiger partial charge in [-0.2, -0.15) is 0 Å². The van der Waals surface area contributed by atoms with E-state index in [9.17, 15) is 15.0 Å². The highest BCUT2D eigenvalue weighted by Crippen LogP contribution is 2.40. The Kier molecular flexibility index (Phi) is 4.25. The molecular formula is C16H22O3. The van der Waals surface area contributed by atoms with Gasteiger partial charge in [0, 0.05) is 0 Å². The van der Waals surface area contributed by atoms with Crippen LogP contribution in [0.3, 0.4) is 0 Å². The van der Waals surface area contributed by atoms with Gasteiger partial charge >= 0.3 is 5.97 Å². The van der Waals surface area contributed by atoms with Gasteiger partial charge in [0.05, 0.1) is 11.5 Å². The molecule has 1 atom stereocenters. The predicted molar refractivity (Wildman–Crippen MR) is 74.2 cm³/mol. The molecule has 2 rings (SSSR count). The van der Waals surface area contributed by atoms with Crippen molar-refractivity contribution in [1.29, 1.82) is 0 Å². The standard InChI is InChI=1S/C16H22O3/c1-12(17)10-13-6-5-7-14(11-13)16(15(18)19)8-3-2-4-9-16/h5-7,11-12,17H,2-4,8-10H2,1H3,(H,18,19). The van der Waals surface area contributed by atoms with E-state index in [2.05, 4.69) is 0 Å². The van der Waals surface area contributed by atoms with Crippen LogP contribution in [0, 0.1) is 0 Å². The first-order chi connectivity index (χ1) is 9.04. The third kappa shape index (κ3) is 2.98. The molecule has 1 unspecified atom stereocenters. The van der Waals surface area contributed by atoms with Crippen LogP contribution < -0.4 is 0 Å². The smallest absolute Gasteiger partial charge is 0.314 e. The summed E-state index contributed by atoms with van der Waals surface area (Å²) in [5.74, 6) is -0.707. The molecule has 0 bridgehead atoms. The second kappa shape index (κ2) is 5.74. The maximum Gasteiger partial charge on any atom is 0.314 e. The molecule has 1 saturated carbocycles. The molecule has 104 valence electrons. The maximum absolute atomic E-state index is 11.8. The number of aliphatic hydroxyl groups excluding tert-OH is 1. The van der Waals surface area contributed by atoms with Gasteiger partial charge < -0.3 is 10.2 Å². The summed E-state index contributed by atoms with van der Waals surface area (Å²) in [5.41, 5.74) is 1.20. The van der Waals surface area contributed by atoms with Gasteiger partial charge in [-0.05, 0) is 37.3 Å². The first kappa shape index (κ1) is 14.1. The Morgan fingerprint density at radius 3 is 2.58 bits per heavy atom. The minimum atomic E-state index is -0.715. The molecule has 1 aromatic carbocycles. The van der Waals surface area contributed by atoms with Gasteiger partial charge in [0.15, 0.2) is 0 Å². The number of hydrogen-bond acceptors (Lipinski definition) is 2. The average Bonchev–Trinajstić information content (AvgIpc) is 2.39. The molecule has 1 aliphatic carbocycles. The summed E-state index contributed by atoms with van der Waals surface area (Å²) in [6, 6.07) is 7.75. The lowest BCUT2D eigenvalue weighted by Gasteiger charge is -2.34. The fourth-order valence-electron chi connectivity index (χ4n) is 3.12. The first-order valence-corrected chi connectivity index (χ1v) is 7.05. The molecule has 3 nitrogen and oxygen atoms in total. The molecule has 0 spiro atoms. The molecule has 0 radical (unpaired) electrons. The zero-order valence-electron chi connectivity index (χ0n) is 11.4. The number of carbonyl (C=O) groups is 1. The van der Waals surface area contributed by atoms with Crippen molar-refractivity contribution in [2.45, 2.75) is 57.0 Å². The minimum Gasteiger partial charge on any atom is -0.481 e.